The molecule has 0 heterocycles. The summed E-state index contributed by atoms with van der Waals surface area (Å²) in [6.07, 6.45) is 0. The first-order valence-corrected chi connectivity index (χ1v) is 11.5. The van der Waals surface area contributed by atoms with Gasteiger partial charge < -0.3 is 16.0 Å². The van der Waals surface area contributed by atoms with Crippen LogP contribution in [0.2, 0.25) is 0 Å². The van der Waals surface area contributed by atoms with E-state index in [1.807, 2.05) is 73.7 Å². The summed E-state index contributed by atoms with van der Waals surface area (Å²) in [7, 11) is 0. The van der Waals surface area contributed by atoms with Crippen molar-refractivity contribution in [1.82, 2.24) is 0 Å². The van der Waals surface area contributed by atoms with Crippen LogP contribution in [-0.2, 0) is 0 Å². The number of carbonyl (C=O) groups excluding carboxylic acids is 2. The molecule has 4 aromatic rings. The zero-order valence-corrected chi connectivity index (χ0v) is 20.1. The molecule has 0 fully saturated rings. The van der Waals surface area contributed by atoms with E-state index >= 15 is 0 Å². The minimum absolute atomic E-state index is 0.260. The zero-order chi connectivity index (χ0) is 23.2. The highest BCUT2D eigenvalue weighted by Gasteiger charge is 2.15. The highest BCUT2D eigenvalue weighted by atomic mass is 127. The van der Waals surface area contributed by atoms with Crippen LogP contribution < -0.4 is 16.0 Å². The average molecular weight is 547 g/mol. The monoisotopic (exact) mass is 547 g/mol. The van der Waals surface area contributed by atoms with Gasteiger partial charge in [0.15, 0.2) is 0 Å². The Labute approximate surface area is 206 Å². The van der Waals surface area contributed by atoms with Gasteiger partial charge in [-0.15, -0.1) is 0 Å². The van der Waals surface area contributed by atoms with Gasteiger partial charge in [0.2, 0.25) is 0 Å². The van der Waals surface area contributed by atoms with Crippen molar-refractivity contribution in [3.05, 3.63) is 117 Å². The Bertz CT molecular complexity index is 1290. The first-order valence-electron chi connectivity index (χ1n) is 10.4. The third-order valence-corrected chi connectivity index (χ3v) is 6.22. The lowest BCUT2D eigenvalue weighted by atomic mass is 10.1. The number of hydrogen-bond donors (Lipinski definition) is 3. The number of para-hydroxylation sites is 2. The SMILES string of the molecule is Cc1ccc(C(=O)Nc2ccccc2C(=O)Nc2ccc(Nc3ccccc3)cc2)cc1I. The number of benzene rings is 4. The van der Waals surface area contributed by atoms with E-state index in [0.717, 1.165) is 20.5 Å². The van der Waals surface area contributed by atoms with Crippen molar-refractivity contribution in [3.63, 3.8) is 0 Å². The summed E-state index contributed by atoms with van der Waals surface area (Å²) in [6, 6.07) is 29.8. The van der Waals surface area contributed by atoms with Crippen LogP contribution in [0.1, 0.15) is 26.3 Å². The summed E-state index contributed by atoms with van der Waals surface area (Å²) in [5.74, 6) is -0.558. The number of amides is 2. The molecule has 0 unspecified atom stereocenters. The second kappa shape index (κ2) is 10.3. The fraction of sp³-hybridized carbons (Fsp3) is 0.0370. The molecule has 0 aliphatic rings. The summed E-state index contributed by atoms with van der Waals surface area (Å²) in [4.78, 5) is 25.7. The largest absolute Gasteiger partial charge is 0.356 e. The van der Waals surface area contributed by atoms with Crippen molar-refractivity contribution in [1.29, 1.82) is 0 Å². The number of nitrogens with one attached hydrogen (secondary N) is 3. The molecule has 4 rings (SSSR count). The van der Waals surface area contributed by atoms with Crippen LogP contribution in [-0.4, -0.2) is 11.8 Å². The Balaban J connectivity index is 1.45. The molecular formula is C27H22IN3O2. The summed E-state index contributed by atoms with van der Waals surface area (Å²) in [5.41, 5.74) is 5.06. The maximum absolute atomic E-state index is 12.9. The first kappa shape index (κ1) is 22.5. The fourth-order valence-corrected chi connectivity index (χ4v) is 3.76. The molecule has 0 saturated heterocycles. The van der Waals surface area contributed by atoms with E-state index in [0.29, 0.717) is 22.5 Å². The van der Waals surface area contributed by atoms with E-state index in [4.69, 9.17) is 0 Å². The quantitative estimate of drug-likeness (QED) is 0.232. The lowest BCUT2D eigenvalue weighted by molar-refractivity contribution is 0.102. The summed E-state index contributed by atoms with van der Waals surface area (Å²) < 4.78 is 1.01. The topological polar surface area (TPSA) is 70.2 Å². The summed E-state index contributed by atoms with van der Waals surface area (Å²) in [5, 5.41) is 9.07. The summed E-state index contributed by atoms with van der Waals surface area (Å²) in [6.45, 7) is 1.99. The molecule has 0 aliphatic heterocycles. The van der Waals surface area contributed by atoms with E-state index in [1.54, 1.807) is 30.3 Å². The molecule has 0 atom stereocenters. The van der Waals surface area contributed by atoms with Crippen LogP contribution in [0.3, 0.4) is 0 Å². The Kier molecular flexibility index (Phi) is 7.04. The lowest BCUT2D eigenvalue weighted by Crippen LogP contribution is -2.18. The van der Waals surface area contributed by atoms with Crippen molar-refractivity contribution >= 4 is 57.2 Å². The molecule has 3 N–H and O–H groups in total. The van der Waals surface area contributed by atoms with Crippen LogP contribution >= 0.6 is 22.6 Å². The molecule has 164 valence electrons. The maximum atomic E-state index is 12.9. The van der Waals surface area contributed by atoms with Crippen LogP contribution in [0.25, 0.3) is 0 Å². The van der Waals surface area contributed by atoms with Gasteiger partial charge in [-0.3, -0.25) is 9.59 Å². The van der Waals surface area contributed by atoms with Crippen molar-refractivity contribution in [3.8, 4) is 0 Å². The van der Waals surface area contributed by atoms with Crippen LogP contribution in [0.15, 0.2) is 97.1 Å². The second-order valence-corrected chi connectivity index (χ2v) is 8.65. The van der Waals surface area contributed by atoms with Crippen molar-refractivity contribution in [2.24, 2.45) is 0 Å². The zero-order valence-electron chi connectivity index (χ0n) is 17.9. The fourth-order valence-electron chi connectivity index (χ4n) is 3.24. The minimum atomic E-state index is -0.298. The van der Waals surface area contributed by atoms with Crippen molar-refractivity contribution in [2.75, 3.05) is 16.0 Å². The minimum Gasteiger partial charge on any atom is -0.356 e. The molecular weight excluding hydrogens is 525 g/mol. The van der Waals surface area contributed by atoms with E-state index < -0.39 is 0 Å². The Hall–Kier alpha value is -3.65. The van der Waals surface area contributed by atoms with Gasteiger partial charge in [0.1, 0.15) is 0 Å². The molecule has 5 nitrogen and oxygen atoms in total. The van der Waals surface area contributed by atoms with E-state index in [-0.39, 0.29) is 11.8 Å². The lowest BCUT2D eigenvalue weighted by Gasteiger charge is -2.13. The molecule has 6 heteroatoms. The van der Waals surface area contributed by atoms with Gasteiger partial charge >= 0.3 is 0 Å². The predicted octanol–water partition coefficient (Wildman–Crippen LogP) is 6.85. The van der Waals surface area contributed by atoms with Gasteiger partial charge in [0.05, 0.1) is 11.3 Å². The predicted molar refractivity (Wildman–Crippen MR) is 142 cm³/mol. The van der Waals surface area contributed by atoms with Gasteiger partial charge in [-0.1, -0.05) is 36.4 Å². The third-order valence-electron chi connectivity index (χ3n) is 5.06. The maximum Gasteiger partial charge on any atom is 0.257 e. The molecule has 0 aromatic heterocycles. The van der Waals surface area contributed by atoms with Gasteiger partial charge in [-0.05, 0) is 95.7 Å². The number of hydrogen-bond acceptors (Lipinski definition) is 3. The third kappa shape index (κ3) is 5.78. The van der Waals surface area contributed by atoms with Crippen LogP contribution in [0.4, 0.5) is 22.7 Å². The second-order valence-electron chi connectivity index (χ2n) is 7.49. The summed E-state index contributed by atoms with van der Waals surface area (Å²) >= 11 is 2.20. The van der Waals surface area contributed by atoms with E-state index in [9.17, 15) is 9.59 Å². The highest BCUT2D eigenvalue weighted by Crippen LogP contribution is 2.22. The number of anilines is 4. The normalized spacial score (nSPS) is 10.4. The Morgan fingerprint density at radius 3 is 2.03 bits per heavy atom. The van der Waals surface area contributed by atoms with E-state index in [2.05, 4.69) is 38.5 Å². The standard InChI is InChI=1S/C27H22IN3O2/c1-18-11-12-19(17-24(18)28)26(32)31-25-10-6-5-9-23(25)27(33)30-22-15-13-21(14-16-22)29-20-7-3-2-4-8-20/h2-17,29H,1H3,(H,30,33)(H,31,32). The Morgan fingerprint density at radius 1 is 0.667 bits per heavy atom. The number of rotatable bonds is 6. The molecule has 2 amide bonds. The van der Waals surface area contributed by atoms with Gasteiger partial charge in [0.25, 0.3) is 11.8 Å². The number of halogens is 1. The molecule has 0 radical (unpaired) electrons. The van der Waals surface area contributed by atoms with E-state index in [1.165, 1.54) is 0 Å². The van der Waals surface area contributed by atoms with Gasteiger partial charge in [0, 0.05) is 26.2 Å². The molecule has 0 bridgehead atoms. The molecule has 4 aromatic carbocycles. The Morgan fingerprint density at radius 2 is 1.30 bits per heavy atom. The smallest absolute Gasteiger partial charge is 0.257 e. The molecule has 33 heavy (non-hydrogen) atoms. The van der Waals surface area contributed by atoms with Crippen LogP contribution in [0.5, 0.6) is 0 Å². The van der Waals surface area contributed by atoms with Crippen molar-refractivity contribution < 1.29 is 9.59 Å². The molecule has 0 saturated carbocycles. The average Bonchev–Trinajstić information content (AvgIpc) is 2.83. The van der Waals surface area contributed by atoms with Gasteiger partial charge in [-0.2, -0.15) is 0 Å². The number of carbonyl (C=O) groups is 2. The van der Waals surface area contributed by atoms with Gasteiger partial charge in [-0.25, -0.2) is 0 Å². The van der Waals surface area contributed by atoms with Crippen molar-refractivity contribution in [2.45, 2.75) is 6.92 Å². The highest BCUT2D eigenvalue weighted by molar-refractivity contribution is 14.1. The molecule has 0 spiro atoms. The van der Waals surface area contributed by atoms with Crippen LogP contribution in [0, 0.1) is 10.5 Å². The number of aryl methyl sites for hydroxylation is 1. The molecule has 0 aliphatic carbocycles. The first-order chi connectivity index (χ1) is 16.0.